The Morgan fingerprint density at radius 2 is 1.95 bits per heavy atom. The number of anilines is 1. The number of benzene rings is 2. The van der Waals surface area contributed by atoms with Crippen LogP contribution in [0.3, 0.4) is 0 Å². The molecule has 0 aliphatic rings. The predicted molar refractivity (Wildman–Crippen MR) is 82.5 cm³/mol. The summed E-state index contributed by atoms with van der Waals surface area (Å²) in [5.41, 5.74) is 2.46. The molecule has 0 spiro atoms. The summed E-state index contributed by atoms with van der Waals surface area (Å²) in [5.74, 6) is 0. The molecule has 1 atom stereocenters. The van der Waals surface area contributed by atoms with Crippen LogP contribution in [0.1, 0.15) is 11.1 Å². The van der Waals surface area contributed by atoms with Gasteiger partial charge in [0.25, 0.3) is 5.69 Å². The Hall–Kier alpha value is -2.40. The molecule has 2 aromatic carbocycles. The molecular weight excluding hydrogens is 268 g/mol. The van der Waals surface area contributed by atoms with E-state index < -0.39 is 4.92 Å². The van der Waals surface area contributed by atoms with Gasteiger partial charge in [0.2, 0.25) is 0 Å². The topological polar surface area (TPSA) is 75.4 Å². The van der Waals surface area contributed by atoms with Crippen molar-refractivity contribution in [3.05, 3.63) is 69.8 Å². The van der Waals surface area contributed by atoms with Crippen LogP contribution in [0.25, 0.3) is 0 Å². The van der Waals surface area contributed by atoms with E-state index in [-0.39, 0.29) is 18.3 Å². The Bertz CT molecular complexity index is 614. The maximum atomic E-state index is 11.1. The molecule has 1 unspecified atom stereocenters. The van der Waals surface area contributed by atoms with E-state index >= 15 is 0 Å². The van der Waals surface area contributed by atoms with Gasteiger partial charge >= 0.3 is 0 Å². The number of rotatable bonds is 6. The van der Waals surface area contributed by atoms with Crippen LogP contribution >= 0.6 is 0 Å². The summed E-state index contributed by atoms with van der Waals surface area (Å²) < 4.78 is 0. The molecule has 2 rings (SSSR count). The fraction of sp³-hybridized carbons (Fsp3) is 0.250. The molecule has 0 amide bonds. The van der Waals surface area contributed by atoms with Crippen LogP contribution in [0.4, 0.5) is 11.4 Å². The highest BCUT2D eigenvalue weighted by Gasteiger charge is 2.17. The van der Waals surface area contributed by atoms with E-state index in [1.54, 1.807) is 12.1 Å². The maximum absolute atomic E-state index is 11.1. The van der Waals surface area contributed by atoms with Gasteiger partial charge in [-0.2, -0.15) is 0 Å². The SMILES string of the molecule is Cc1ccc([N+](=O)[O-])c(NC(CO)Cc2ccccc2)c1. The molecule has 5 nitrogen and oxygen atoms in total. The van der Waals surface area contributed by atoms with Crippen LogP contribution in [-0.2, 0) is 6.42 Å². The molecule has 0 aliphatic heterocycles. The average Bonchev–Trinajstić information content (AvgIpc) is 2.47. The molecule has 0 saturated carbocycles. The molecule has 110 valence electrons. The molecule has 0 aliphatic carbocycles. The molecule has 0 radical (unpaired) electrons. The number of hydrogen-bond donors (Lipinski definition) is 2. The summed E-state index contributed by atoms with van der Waals surface area (Å²) in [5, 5.41) is 23.7. The van der Waals surface area contributed by atoms with Gasteiger partial charge < -0.3 is 10.4 Å². The second-order valence-corrected chi connectivity index (χ2v) is 4.99. The first kappa shape index (κ1) is 15.0. The second-order valence-electron chi connectivity index (χ2n) is 4.99. The minimum Gasteiger partial charge on any atom is -0.394 e. The van der Waals surface area contributed by atoms with E-state index in [1.165, 1.54) is 6.07 Å². The highest BCUT2D eigenvalue weighted by molar-refractivity contribution is 5.63. The summed E-state index contributed by atoms with van der Waals surface area (Å²) in [6, 6.07) is 14.4. The number of nitrogens with zero attached hydrogens (tertiary/aromatic N) is 1. The normalized spacial score (nSPS) is 11.9. The van der Waals surface area contributed by atoms with Crippen molar-refractivity contribution < 1.29 is 10.0 Å². The van der Waals surface area contributed by atoms with Crippen molar-refractivity contribution in [2.75, 3.05) is 11.9 Å². The number of nitro benzene ring substituents is 1. The summed E-state index contributed by atoms with van der Waals surface area (Å²) in [6.45, 7) is 1.78. The molecule has 0 bridgehead atoms. The molecule has 0 heterocycles. The molecular formula is C16H18N2O3. The van der Waals surface area contributed by atoms with E-state index in [9.17, 15) is 15.2 Å². The summed E-state index contributed by atoms with van der Waals surface area (Å²) >= 11 is 0. The predicted octanol–water partition coefficient (Wildman–Crippen LogP) is 2.92. The van der Waals surface area contributed by atoms with Gasteiger partial charge in [-0.15, -0.1) is 0 Å². The van der Waals surface area contributed by atoms with Gasteiger partial charge in [-0.25, -0.2) is 0 Å². The minimum absolute atomic E-state index is 0.0205. The van der Waals surface area contributed by atoms with Gasteiger partial charge in [-0.05, 0) is 30.5 Å². The van der Waals surface area contributed by atoms with Crippen molar-refractivity contribution >= 4 is 11.4 Å². The number of aryl methyl sites for hydroxylation is 1. The zero-order chi connectivity index (χ0) is 15.2. The van der Waals surface area contributed by atoms with Crippen LogP contribution in [0.2, 0.25) is 0 Å². The average molecular weight is 286 g/mol. The fourth-order valence-electron chi connectivity index (χ4n) is 2.20. The third kappa shape index (κ3) is 4.03. The lowest BCUT2D eigenvalue weighted by atomic mass is 10.1. The third-order valence-electron chi connectivity index (χ3n) is 3.25. The van der Waals surface area contributed by atoms with Crippen molar-refractivity contribution in [2.45, 2.75) is 19.4 Å². The minimum atomic E-state index is -0.418. The van der Waals surface area contributed by atoms with Gasteiger partial charge in [0.1, 0.15) is 5.69 Å². The summed E-state index contributed by atoms with van der Waals surface area (Å²) in [6.07, 6.45) is 0.600. The van der Waals surface area contributed by atoms with Crippen LogP contribution in [0.15, 0.2) is 48.5 Å². The zero-order valence-electron chi connectivity index (χ0n) is 11.8. The molecule has 21 heavy (non-hydrogen) atoms. The number of aliphatic hydroxyl groups excluding tert-OH is 1. The molecule has 0 aromatic heterocycles. The zero-order valence-corrected chi connectivity index (χ0v) is 11.8. The van der Waals surface area contributed by atoms with Crippen molar-refractivity contribution in [1.82, 2.24) is 0 Å². The first-order valence-electron chi connectivity index (χ1n) is 6.76. The molecule has 2 N–H and O–H groups in total. The van der Waals surface area contributed by atoms with E-state index in [4.69, 9.17) is 0 Å². The van der Waals surface area contributed by atoms with Crippen molar-refractivity contribution in [1.29, 1.82) is 0 Å². The van der Waals surface area contributed by atoms with Crippen molar-refractivity contribution in [2.24, 2.45) is 0 Å². The van der Waals surface area contributed by atoms with E-state index in [0.29, 0.717) is 12.1 Å². The Morgan fingerprint density at radius 3 is 2.57 bits per heavy atom. The molecule has 2 aromatic rings. The Labute approximate surface area is 123 Å². The molecule has 0 fully saturated rings. The third-order valence-corrected chi connectivity index (χ3v) is 3.25. The summed E-state index contributed by atoms with van der Waals surface area (Å²) in [4.78, 5) is 10.6. The van der Waals surface area contributed by atoms with E-state index in [2.05, 4.69) is 5.32 Å². The smallest absolute Gasteiger partial charge is 0.292 e. The largest absolute Gasteiger partial charge is 0.394 e. The highest BCUT2D eigenvalue weighted by Crippen LogP contribution is 2.26. The Morgan fingerprint density at radius 1 is 1.24 bits per heavy atom. The van der Waals surface area contributed by atoms with E-state index in [0.717, 1.165) is 11.1 Å². The van der Waals surface area contributed by atoms with Gasteiger partial charge in [0.15, 0.2) is 0 Å². The van der Waals surface area contributed by atoms with Gasteiger partial charge in [-0.1, -0.05) is 36.4 Å². The quantitative estimate of drug-likeness (QED) is 0.632. The standard InChI is InChI=1S/C16H18N2O3/c1-12-7-8-16(18(20)21)15(9-12)17-14(11-19)10-13-5-3-2-4-6-13/h2-9,14,17,19H,10-11H2,1H3. The maximum Gasteiger partial charge on any atom is 0.292 e. The first-order valence-corrected chi connectivity index (χ1v) is 6.76. The molecule has 5 heteroatoms. The van der Waals surface area contributed by atoms with Crippen LogP contribution in [0.5, 0.6) is 0 Å². The lowest BCUT2D eigenvalue weighted by Gasteiger charge is -2.18. The van der Waals surface area contributed by atoms with Gasteiger partial charge in [0.05, 0.1) is 17.6 Å². The number of hydrogen-bond acceptors (Lipinski definition) is 4. The summed E-state index contributed by atoms with van der Waals surface area (Å²) in [7, 11) is 0. The fourth-order valence-corrected chi connectivity index (χ4v) is 2.20. The Balaban J connectivity index is 2.18. The number of nitro groups is 1. The Kier molecular flexibility index (Phi) is 4.90. The van der Waals surface area contributed by atoms with Crippen LogP contribution in [0, 0.1) is 17.0 Å². The van der Waals surface area contributed by atoms with Gasteiger partial charge in [0, 0.05) is 6.07 Å². The lowest BCUT2D eigenvalue weighted by Crippen LogP contribution is -2.26. The van der Waals surface area contributed by atoms with Gasteiger partial charge in [-0.3, -0.25) is 10.1 Å². The lowest BCUT2D eigenvalue weighted by molar-refractivity contribution is -0.384. The monoisotopic (exact) mass is 286 g/mol. The first-order chi connectivity index (χ1) is 10.1. The van der Waals surface area contributed by atoms with E-state index in [1.807, 2.05) is 37.3 Å². The highest BCUT2D eigenvalue weighted by atomic mass is 16.6. The van der Waals surface area contributed by atoms with Crippen LogP contribution in [-0.4, -0.2) is 22.7 Å². The van der Waals surface area contributed by atoms with Crippen LogP contribution < -0.4 is 5.32 Å². The second kappa shape index (κ2) is 6.85. The van der Waals surface area contributed by atoms with Crippen molar-refractivity contribution in [3.63, 3.8) is 0 Å². The van der Waals surface area contributed by atoms with Crippen molar-refractivity contribution in [3.8, 4) is 0 Å². The number of aliphatic hydroxyl groups is 1. The number of nitrogens with one attached hydrogen (secondary N) is 1. The molecule has 0 saturated heterocycles.